The maximum Gasteiger partial charge on any atom is 0.324 e. The van der Waals surface area contributed by atoms with E-state index in [2.05, 4.69) is 0 Å². The van der Waals surface area contributed by atoms with Crippen LogP contribution in [0.1, 0.15) is 27.7 Å². The Hall–Kier alpha value is -0.610. The number of carbonyl (C=O) groups excluding carboxylic acids is 1. The Bertz CT molecular complexity index is 238. The highest BCUT2D eigenvalue weighted by Crippen LogP contribution is 2.29. The molecular formula is C11H21NO3. The standard InChI is InChI=1S/C11H21NO3/c1-8(2)6-15-10(14)9-5-12(9)11(3,4)7-13/h8-9,13H,5-7H2,1-4H3/t9-,12?/m1/s1. The number of carbonyl (C=O) groups is 1. The largest absolute Gasteiger partial charge is 0.464 e. The van der Waals surface area contributed by atoms with Crippen molar-refractivity contribution in [1.82, 2.24) is 4.90 Å². The van der Waals surface area contributed by atoms with Gasteiger partial charge in [-0.3, -0.25) is 9.69 Å². The third-order valence-corrected chi connectivity index (χ3v) is 2.61. The molecule has 0 aromatic carbocycles. The molecule has 88 valence electrons. The summed E-state index contributed by atoms with van der Waals surface area (Å²) in [7, 11) is 0. The highest BCUT2D eigenvalue weighted by Gasteiger charge is 2.49. The molecule has 2 atom stereocenters. The van der Waals surface area contributed by atoms with E-state index in [1.807, 2.05) is 32.6 Å². The minimum Gasteiger partial charge on any atom is -0.464 e. The summed E-state index contributed by atoms with van der Waals surface area (Å²) in [6, 6.07) is -0.147. The number of hydrogen-bond donors (Lipinski definition) is 1. The van der Waals surface area contributed by atoms with Crippen molar-refractivity contribution in [3.8, 4) is 0 Å². The van der Waals surface area contributed by atoms with E-state index in [0.717, 1.165) is 0 Å². The molecule has 0 aromatic heterocycles. The first-order valence-corrected chi connectivity index (χ1v) is 5.42. The van der Waals surface area contributed by atoms with E-state index in [9.17, 15) is 4.79 Å². The summed E-state index contributed by atoms with van der Waals surface area (Å²) >= 11 is 0. The fraction of sp³-hybridized carbons (Fsp3) is 0.909. The van der Waals surface area contributed by atoms with Crippen molar-refractivity contribution >= 4 is 5.97 Å². The molecule has 1 rings (SSSR count). The third-order valence-electron chi connectivity index (χ3n) is 2.61. The number of aliphatic hydroxyl groups is 1. The predicted molar refractivity (Wildman–Crippen MR) is 57.5 cm³/mol. The van der Waals surface area contributed by atoms with E-state index in [0.29, 0.717) is 19.1 Å². The molecule has 1 saturated heterocycles. The maximum atomic E-state index is 11.5. The molecule has 0 spiro atoms. The van der Waals surface area contributed by atoms with E-state index < -0.39 is 0 Å². The van der Waals surface area contributed by atoms with Crippen molar-refractivity contribution in [2.75, 3.05) is 19.8 Å². The molecule has 1 aliphatic heterocycles. The molecule has 0 radical (unpaired) electrons. The fourth-order valence-corrected chi connectivity index (χ4v) is 1.45. The van der Waals surface area contributed by atoms with Gasteiger partial charge in [-0.15, -0.1) is 0 Å². The van der Waals surface area contributed by atoms with E-state index in [1.165, 1.54) is 0 Å². The molecule has 4 heteroatoms. The summed E-state index contributed by atoms with van der Waals surface area (Å²) in [5.74, 6) is 0.206. The van der Waals surface area contributed by atoms with Gasteiger partial charge in [0.05, 0.1) is 13.2 Å². The Morgan fingerprint density at radius 2 is 2.20 bits per heavy atom. The lowest BCUT2D eigenvalue weighted by Crippen LogP contribution is -2.37. The van der Waals surface area contributed by atoms with E-state index in [1.54, 1.807) is 0 Å². The molecule has 0 saturated carbocycles. The lowest BCUT2D eigenvalue weighted by atomic mass is 10.1. The van der Waals surface area contributed by atoms with Crippen molar-refractivity contribution < 1.29 is 14.6 Å². The van der Waals surface area contributed by atoms with E-state index in [4.69, 9.17) is 9.84 Å². The van der Waals surface area contributed by atoms with Gasteiger partial charge in [0.1, 0.15) is 6.04 Å². The van der Waals surface area contributed by atoms with Crippen molar-refractivity contribution in [3.63, 3.8) is 0 Å². The highest BCUT2D eigenvalue weighted by atomic mass is 16.5. The van der Waals surface area contributed by atoms with E-state index >= 15 is 0 Å². The van der Waals surface area contributed by atoms with Gasteiger partial charge in [-0.25, -0.2) is 0 Å². The summed E-state index contributed by atoms with van der Waals surface area (Å²) in [5.41, 5.74) is -0.318. The Balaban J connectivity index is 2.34. The maximum absolute atomic E-state index is 11.5. The average Bonchev–Trinajstić information content (AvgIpc) is 2.94. The van der Waals surface area contributed by atoms with Crippen LogP contribution in [0.5, 0.6) is 0 Å². The van der Waals surface area contributed by atoms with E-state index in [-0.39, 0.29) is 24.2 Å². The van der Waals surface area contributed by atoms with Gasteiger partial charge in [0.15, 0.2) is 0 Å². The van der Waals surface area contributed by atoms with Crippen LogP contribution in [0.15, 0.2) is 0 Å². The van der Waals surface area contributed by atoms with Gasteiger partial charge in [0.25, 0.3) is 0 Å². The topological polar surface area (TPSA) is 49.5 Å². The molecule has 1 heterocycles. The van der Waals surface area contributed by atoms with Gasteiger partial charge in [-0.2, -0.15) is 0 Å². The molecule has 1 N–H and O–H groups in total. The first-order chi connectivity index (χ1) is 6.88. The second-order valence-corrected chi connectivity index (χ2v) is 5.16. The first-order valence-electron chi connectivity index (χ1n) is 5.42. The molecule has 0 bridgehead atoms. The molecule has 1 unspecified atom stereocenters. The van der Waals surface area contributed by atoms with Gasteiger partial charge < -0.3 is 9.84 Å². The Morgan fingerprint density at radius 3 is 2.67 bits per heavy atom. The number of ether oxygens (including phenoxy) is 1. The van der Waals surface area contributed by atoms with Gasteiger partial charge >= 0.3 is 5.97 Å². The normalized spacial score (nSPS) is 25.5. The molecule has 0 aliphatic carbocycles. The van der Waals surface area contributed by atoms with Crippen molar-refractivity contribution in [2.45, 2.75) is 39.3 Å². The Morgan fingerprint density at radius 1 is 1.60 bits per heavy atom. The minimum absolute atomic E-state index is 0.0565. The van der Waals surface area contributed by atoms with Crippen LogP contribution in [-0.4, -0.2) is 47.3 Å². The molecule has 1 aliphatic rings. The Kier molecular flexibility index (Phi) is 3.73. The number of esters is 1. The van der Waals surface area contributed by atoms with Crippen LogP contribution in [0.4, 0.5) is 0 Å². The molecule has 15 heavy (non-hydrogen) atoms. The zero-order chi connectivity index (χ0) is 11.6. The van der Waals surface area contributed by atoms with Gasteiger partial charge in [-0.1, -0.05) is 13.8 Å². The SMILES string of the molecule is CC(C)COC(=O)[C@H]1CN1C(C)(C)CO. The summed E-state index contributed by atoms with van der Waals surface area (Å²) in [5, 5.41) is 9.13. The van der Waals surface area contributed by atoms with Crippen LogP contribution in [0.3, 0.4) is 0 Å². The number of rotatable bonds is 5. The third kappa shape index (κ3) is 3.18. The first kappa shape index (κ1) is 12.5. The fourth-order valence-electron chi connectivity index (χ4n) is 1.45. The molecule has 0 aromatic rings. The van der Waals surface area contributed by atoms with Crippen molar-refractivity contribution in [3.05, 3.63) is 0 Å². The Labute approximate surface area is 91.2 Å². The minimum atomic E-state index is -0.318. The zero-order valence-corrected chi connectivity index (χ0v) is 9.99. The van der Waals surface area contributed by atoms with Crippen molar-refractivity contribution in [2.24, 2.45) is 5.92 Å². The number of aliphatic hydroxyl groups excluding tert-OH is 1. The monoisotopic (exact) mass is 215 g/mol. The second kappa shape index (κ2) is 4.49. The quantitative estimate of drug-likeness (QED) is 0.540. The van der Waals surface area contributed by atoms with Crippen LogP contribution in [0, 0.1) is 5.92 Å². The summed E-state index contributed by atoms with van der Waals surface area (Å²) < 4.78 is 5.14. The zero-order valence-electron chi connectivity index (χ0n) is 9.99. The van der Waals surface area contributed by atoms with Crippen LogP contribution in [-0.2, 0) is 9.53 Å². The molecule has 1 fully saturated rings. The van der Waals surface area contributed by atoms with Crippen LogP contribution < -0.4 is 0 Å². The average molecular weight is 215 g/mol. The number of hydrogen-bond acceptors (Lipinski definition) is 4. The molecule has 4 nitrogen and oxygen atoms in total. The summed E-state index contributed by atoms with van der Waals surface area (Å²) in [6.07, 6.45) is 0. The smallest absolute Gasteiger partial charge is 0.324 e. The van der Waals surface area contributed by atoms with Gasteiger partial charge in [0, 0.05) is 12.1 Å². The highest BCUT2D eigenvalue weighted by molar-refractivity contribution is 5.79. The summed E-state index contributed by atoms with van der Waals surface area (Å²) in [4.78, 5) is 13.5. The van der Waals surface area contributed by atoms with Crippen LogP contribution in [0.25, 0.3) is 0 Å². The number of nitrogens with zero attached hydrogens (tertiary/aromatic N) is 1. The van der Waals surface area contributed by atoms with Crippen LogP contribution >= 0.6 is 0 Å². The molecule has 0 amide bonds. The van der Waals surface area contributed by atoms with Gasteiger partial charge in [-0.05, 0) is 19.8 Å². The summed E-state index contributed by atoms with van der Waals surface area (Å²) in [6.45, 7) is 9.09. The van der Waals surface area contributed by atoms with Gasteiger partial charge in [0.2, 0.25) is 0 Å². The lowest BCUT2D eigenvalue weighted by Gasteiger charge is -2.24. The van der Waals surface area contributed by atoms with Crippen LogP contribution in [0.2, 0.25) is 0 Å². The second-order valence-electron chi connectivity index (χ2n) is 5.16. The predicted octanol–water partition coefficient (Wildman–Crippen LogP) is 0.641. The molecular weight excluding hydrogens is 194 g/mol. The lowest BCUT2D eigenvalue weighted by molar-refractivity contribution is -0.145. The van der Waals surface area contributed by atoms with Crippen molar-refractivity contribution in [1.29, 1.82) is 0 Å².